The van der Waals surface area contributed by atoms with Crippen LogP contribution >= 0.6 is 0 Å². The first-order valence-electron chi connectivity index (χ1n) is 12.7. The summed E-state index contributed by atoms with van der Waals surface area (Å²) in [4.78, 5) is -3.03. The zero-order valence-corrected chi connectivity index (χ0v) is 27.6. The second kappa shape index (κ2) is 13.0. The molecule has 0 fully saturated rings. The molecule has 48 heavy (non-hydrogen) atoms. The Morgan fingerprint density at radius 1 is 0.688 bits per heavy atom. The molecule has 0 unspecified atom stereocenters. The smallest absolute Gasteiger partial charge is 0.296 e. The van der Waals surface area contributed by atoms with Gasteiger partial charge in [0.15, 0.2) is 15.6 Å². The monoisotopic (exact) mass is 741 g/mol. The molecule has 0 heterocycles. The topological polar surface area (TPSA) is 288 Å². The minimum Gasteiger partial charge on any atom is -0.506 e. The fourth-order valence-corrected chi connectivity index (χ4v) is 6.81. The summed E-state index contributed by atoms with van der Waals surface area (Å²) in [6.45, 7) is 3.16. The minimum absolute atomic E-state index is 0.0742. The Balaban J connectivity index is 2.01. The molecular weight excluding hydrogens is 719 g/mol. The summed E-state index contributed by atoms with van der Waals surface area (Å²) >= 11 is 0. The quantitative estimate of drug-likeness (QED) is 0.0989. The van der Waals surface area contributed by atoms with Crippen LogP contribution in [0, 0.1) is 0 Å². The van der Waals surface area contributed by atoms with Gasteiger partial charge in [0, 0.05) is 23.2 Å². The molecule has 0 aromatic heterocycles. The Kier molecular flexibility index (Phi) is 9.74. The van der Waals surface area contributed by atoms with E-state index >= 15 is 0 Å². The van der Waals surface area contributed by atoms with Gasteiger partial charge in [0.1, 0.15) is 38.3 Å². The zero-order chi connectivity index (χ0) is 35.8. The molecule has 0 saturated heterocycles. The lowest BCUT2D eigenvalue weighted by Crippen LogP contribution is -2.02. The highest BCUT2D eigenvalue weighted by Gasteiger charge is 2.26. The van der Waals surface area contributed by atoms with Gasteiger partial charge in [0.05, 0.1) is 22.6 Å². The molecule has 4 rings (SSSR count). The summed E-state index contributed by atoms with van der Waals surface area (Å²) in [5.74, 6) is -0.939. The Hall–Kier alpha value is -4.84. The van der Waals surface area contributed by atoms with Crippen molar-refractivity contribution < 1.29 is 57.2 Å². The van der Waals surface area contributed by atoms with Gasteiger partial charge in [-0.3, -0.25) is 13.7 Å². The molecule has 0 amide bonds. The number of benzene rings is 4. The minimum atomic E-state index is -5.16. The van der Waals surface area contributed by atoms with Gasteiger partial charge >= 0.3 is 0 Å². The first-order valence-corrected chi connectivity index (χ1v) is 18.6. The number of ether oxygens (including phenoxy) is 1. The number of fused-ring (bicyclic) bond motifs is 1. The first-order chi connectivity index (χ1) is 22.2. The van der Waals surface area contributed by atoms with E-state index in [1.54, 1.807) is 0 Å². The van der Waals surface area contributed by atoms with Crippen LogP contribution in [0.4, 0.5) is 28.4 Å². The summed E-state index contributed by atoms with van der Waals surface area (Å²) in [6.07, 6.45) is 0. The predicted octanol–water partition coefficient (Wildman–Crippen LogP) is 5.08. The number of sulfone groups is 1. The van der Waals surface area contributed by atoms with Crippen LogP contribution in [-0.4, -0.2) is 66.6 Å². The SMILES string of the molecule is C=CS(=O)(=O)c1ccc(/N=N/c2c(NC)ccc3c(OC)c(/N=N/c4cc(S(=O)(=O)O)ccc4O)c(S(=O)(=O)O)cc23)c(S(=O)(=O)O)c1. The van der Waals surface area contributed by atoms with Gasteiger partial charge in [-0.2, -0.15) is 25.3 Å². The summed E-state index contributed by atoms with van der Waals surface area (Å²) < 4.78 is 132. The van der Waals surface area contributed by atoms with Crippen LogP contribution in [-0.2, 0) is 40.2 Å². The third kappa shape index (κ3) is 7.33. The van der Waals surface area contributed by atoms with Crippen molar-refractivity contribution in [3.8, 4) is 11.5 Å². The molecule has 4 aromatic rings. The second-order valence-corrected chi connectivity index (χ2v) is 15.5. The van der Waals surface area contributed by atoms with Crippen LogP contribution in [0.25, 0.3) is 10.8 Å². The van der Waals surface area contributed by atoms with E-state index < -0.39 is 82.6 Å². The Bertz CT molecular complexity index is 2500. The lowest BCUT2D eigenvalue weighted by molar-refractivity contribution is 0.419. The van der Waals surface area contributed by atoms with E-state index in [9.17, 15) is 52.4 Å². The van der Waals surface area contributed by atoms with Crippen LogP contribution < -0.4 is 10.1 Å². The Morgan fingerprint density at radius 3 is 1.85 bits per heavy atom. The van der Waals surface area contributed by atoms with Gasteiger partial charge in [-0.1, -0.05) is 6.58 Å². The largest absolute Gasteiger partial charge is 0.506 e. The predicted molar refractivity (Wildman–Crippen MR) is 170 cm³/mol. The number of phenolic OH excluding ortho intramolecular Hbond substituents is 1. The van der Waals surface area contributed by atoms with Gasteiger partial charge in [0.25, 0.3) is 30.4 Å². The van der Waals surface area contributed by atoms with Crippen LogP contribution in [0.1, 0.15) is 0 Å². The molecule has 0 spiro atoms. The molecule has 5 N–H and O–H groups in total. The third-order valence-electron chi connectivity index (χ3n) is 6.45. The van der Waals surface area contributed by atoms with Crippen molar-refractivity contribution in [2.75, 3.05) is 19.5 Å². The van der Waals surface area contributed by atoms with Gasteiger partial charge in [-0.15, -0.1) is 20.5 Å². The number of hydrogen-bond donors (Lipinski definition) is 5. The molecule has 0 radical (unpaired) electrons. The third-order valence-corrected chi connectivity index (χ3v) is 10.4. The summed E-state index contributed by atoms with van der Waals surface area (Å²) in [7, 11) is -16.5. The first kappa shape index (κ1) is 36.0. The summed E-state index contributed by atoms with van der Waals surface area (Å²) in [6, 6.07) is 8.82. The van der Waals surface area contributed by atoms with Crippen LogP contribution in [0.3, 0.4) is 0 Å². The molecule has 0 aliphatic carbocycles. The van der Waals surface area contributed by atoms with Crippen molar-refractivity contribution in [2.45, 2.75) is 19.6 Å². The number of nitrogens with zero attached hydrogens (tertiary/aromatic N) is 4. The molecule has 0 aliphatic heterocycles. The van der Waals surface area contributed by atoms with Gasteiger partial charge in [-0.05, 0) is 54.6 Å². The van der Waals surface area contributed by atoms with Crippen molar-refractivity contribution in [3.63, 3.8) is 0 Å². The average molecular weight is 742 g/mol. The van der Waals surface area contributed by atoms with E-state index in [4.69, 9.17) is 4.74 Å². The van der Waals surface area contributed by atoms with Crippen molar-refractivity contribution >= 4 is 79.4 Å². The van der Waals surface area contributed by atoms with Gasteiger partial charge in [-0.25, -0.2) is 8.42 Å². The summed E-state index contributed by atoms with van der Waals surface area (Å²) in [5.41, 5.74) is -1.63. The Morgan fingerprint density at radius 2 is 1.29 bits per heavy atom. The lowest BCUT2D eigenvalue weighted by Gasteiger charge is -2.15. The number of aromatic hydroxyl groups is 1. The van der Waals surface area contributed by atoms with Crippen molar-refractivity contribution in [3.05, 3.63) is 66.6 Å². The molecular formula is C26H23N5O13S4. The fourth-order valence-electron chi connectivity index (χ4n) is 4.21. The van der Waals surface area contributed by atoms with E-state index in [1.807, 2.05) is 0 Å². The highest BCUT2D eigenvalue weighted by atomic mass is 32.2. The molecule has 18 nitrogen and oxygen atoms in total. The normalized spacial score (nSPS) is 12.9. The van der Waals surface area contributed by atoms with Crippen LogP contribution in [0.15, 0.2) is 107 Å². The molecule has 4 aromatic carbocycles. The van der Waals surface area contributed by atoms with Crippen LogP contribution in [0.2, 0.25) is 0 Å². The number of rotatable bonds is 11. The standard InChI is InChI=1S/C26H23N5O13S4/c1-4-45(33,34)14-5-8-18(22(12-14)47(38,39)40)28-30-24-17-13-23(48(41,42)43)25(26(44-3)16(17)7-9-19(24)27-2)31-29-20-11-15(46(35,36)37)6-10-21(20)32/h4-13,27,32H,1H2,2-3H3,(H,35,36,37)(H,38,39,40)(H,41,42,43)/b30-28+,31-29+. The van der Waals surface area contributed by atoms with E-state index in [1.165, 1.54) is 19.2 Å². The number of anilines is 1. The highest BCUT2D eigenvalue weighted by molar-refractivity contribution is 7.94. The van der Waals surface area contributed by atoms with Crippen molar-refractivity contribution in [1.82, 2.24) is 0 Å². The number of nitrogens with one attached hydrogen (secondary N) is 1. The molecule has 0 saturated carbocycles. The van der Waals surface area contributed by atoms with Crippen molar-refractivity contribution in [2.24, 2.45) is 20.5 Å². The van der Waals surface area contributed by atoms with Gasteiger partial charge < -0.3 is 15.2 Å². The lowest BCUT2D eigenvalue weighted by atomic mass is 10.0. The number of azo groups is 2. The maximum absolute atomic E-state index is 12.6. The Labute approximate surface area is 273 Å². The van der Waals surface area contributed by atoms with E-state index in [0.29, 0.717) is 11.5 Å². The molecule has 22 heteroatoms. The second-order valence-electron chi connectivity index (χ2n) is 9.38. The van der Waals surface area contributed by atoms with E-state index in [-0.39, 0.29) is 27.9 Å². The van der Waals surface area contributed by atoms with Crippen LogP contribution in [0.5, 0.6) is 11.5 Å². The maximum atomic E-state index is 12.6. The number of phenols is 1. The van der Waals surface area contributed by atoms with Gasteiger partial charge in [0.2, 0.25) is 0 Å². The maximum Gasteiger partial charge on any atom is 0.296 e. The zero-order valence-electron chi connectivity index (χ0n) is 24.4. The summed E-state index contributed by atoms with van der Waals surface area (Å²) in [5, 5.41) is 28.9. The highest BCUT2D eigenvalue weighted by Crippen LogP contribution is 2.47. The van der Waals surface area contributed by atoms with Crippen molar-refractivity contribution in [1.29, 1.82) is 0 Å². The molecule has 254 valence electrons. The fraction of sp³-hybridized carbons (Fsp3) is 0.0769. The molecule has 0 aliphatic rings. The number of hydrogen-bond acceptors (Lipinski definition) is 15. The van der Waals surface area contributed by atoms with E-state index in [0.717, 1.165) is 43.5 Å². The number of methoxy groups -OCH3 is 1. The molecule has 0 bridgehead atoms. The average Bonchev–Trinajstić information content (AvgIpc) is 3.00. The molecule has 0 atom stereocenters. The van der Waals surface area contributed by atoms with E-state index in [2.05, 4.69) is 32.4 Å².